The molecule has 1 saturated heterocycles. The largest absolute Gasteiger partial charge is 0.478 e. The minimum Gasteiger partial charge on any atom is -0.478 e. The van der Waals surface area contributed by atoms with Gasteiger partial charge in [-0.3, -0.25) is 14.2 Å². The normalized spacial score (nSPS) is 18.9. The average Bonchev–Trinajstić information content (AvgIpc) is 2.66. The highest BCUT2D eigenvalue weighted by Gasteiger charge is 2.52. The van der Waals surface area contributed by atoms with Crippen LogP contribution in [0.3, 0.4) is 0 Å². The number of ether oxygens (including phenoxy) is 1. The first-order valence-corrected chi connectivity index (χ1v) is 10.5. The van der Waals surface area contributed by atoms with E-state index in [1.807, 2.05) is 11.9 Å². The predicted octanol–water partition coefficient (Wildman–Crippen LogP) is 0.0765. The van der Waals surface area contributed by atoms with Crippen LogP contribution in [-0.4, -0.2) is 66.6 Å². The van der Waals surface area contributed by atoms with Gasteiger partial charge in [0.1, 0.15) is 5.75 Å². The van der Waals surface area contributed by atoms with E-state index in [0.717, 1.165) is 0 Å². The molecular weight excluding hydrogens is 384 g/mol. The molecule has 1 amide bonds. The Morgan fingerprint density at radius 1 is 1.31 bits per heavy atom. The molecule has 11 heteroatoms. The molecule has 1 atom stereocenters. The van der Waals surface area contributed by atoms with E-state index in [4.69, 9.17) is 9.94 Å². The van der Waals surface area contributed by atoms with Crippen LogP contribution in [0.25, 0.3) is 0 Å². The number of nitrogens with one attached hydrogen (secondary N) is 1. The van der Waals surface area contributed by atoms with E-state index < -0.39 is 31.6 Å². The minimum atomic E-state index is -4.05. The molecule has 1 heterocycles. The van der Waals surface area contributed by atoms with Gasteiger partial charge in [0.05, 0.1) is 12.0 Å². The summed E-state index contributed by atoms with van der Waals surface area (Å²) in [6.07, 6.45) is 0.145. The van der Waals surface area contributed by atoms with E-state index in [-0.39, 0.29) is 23.7 Å². The van der Waals surface area contributed by atoms with Crippen molar-refractivity contribution in [3.8, 4) is 5.75 Å². The third-order valence-electron chi connectivity index (χ3n) is 4.47. The number of likely N-dealkylation sites (tertiary alicyclic amines) is 1. The lowest BCUT2D eigenvalue weighted by molar-refractivity contribution is -0.133. The van der Waals surface area contributed by atoms with Crippen LogP contribution in [0.1, 0.15) is 12.8 Å². The number of carbonyl (C=O) groups excluding carboxylic acids is 1. The first-order chi connectivity index (χ1) is 12.3. The Morgan fingerprint density at radius 3 is 2.38 bits per heavy atom. The van der Waals surface area contributed by atoms with Crippen LogP contribution in [0.4, 0.5) is 0 Å². The molecule has 0 saturated carbocycles. The SMILES string of the molecule is COS(=O)COc1ccc(S(=O)(=O)C2(C(=O)NO)CCN(C)CC2)cc1. The third-order valence-corrected chi connectivity index (χ3v) is 7.66. The number of amides is 1. The maximum absolute atomic E-state index is 13.1. The minimum absolute atomic E-state index is 0.0501. The first-order valence-electron chi connectivity index (χ1n) is 7.80. The Bertz CT molecular complexity index is 757. The summed E-state index contributed by atoms with van der Waals surface area (Å²) in [4.78, 5) is 14.1. The van der Waals surface area contributed by atoms with E-state index in [1.54, 1.807) is 0 Å². The van der Waals surface area contributed by atoms with E-state index in [2.05, 4.69) is 4.18 Å². The van der Waals surface area contributed by atoms with Crippen LogP contribution in [0.2, 0.25) is 0 Å². The molecule has 1 fully saturated rings. The summed E-state index contributed by atoms with van der Waals surface area (Å²) in [6, 6.07) is 5.48. The molecule has 9 nitrogen and oxygen atoms in total. The van der Waals surface area contributed by atoms with E-state index in [9.17, 15) is 17.4 Å². The molecule has 1 aliphatic rings. The molecule has 0 aliphatic carbocycles. The van der Waals surface area contributed by atoms with Crippen LogP contribution in [0.5, 0.6) is 5.75 Å². The average molecular weight is 406 g/mol. The molecule has 2 rings (SSSR count). The molecule has 0 radical (unpaired) electrons. The van der Waals surface area contributed by atoms with Gasteiger partial charge < -0.3 is 9.64 Å². The topological polar surface area (TPSA) is 122 Å². The summed E-state index contributed by atoms with van der Waals surface area (Å²) >= 11 is -1.60. The fourth-order valence-electron chi connectivity index (χ4n) is 2.80. The van der Waals surface area contributed by atoms with E-state index in [1.165, 1.54) is 36.9 Å². The van der Waals surface area contributed by atoms with Crippen molar-refractivity contribution >= 4 is 26.8 Å². The smallest absolute Gasteiger partial charge is 0.265 e. The summed E-state index contributed by atoms with van der Waals surface area (Å²) in [5.41, 5.74) is 1.51. The molecule has 1 unspecified atom stereocenters. The number of benzene rings is 1. The number of hydrogen-bond donors (Lipinski definition) is 2. The van der Waals surface area contributed by atoms with Gasteiger partial charge in [0.25, 0.3) is 5.91 Å². The maximum Gasteiger partial charge on any atom is 0.265 e. The number of hydroxylamine groups is 1. The number of rotatable bonds is 7. The highest BCUT2D eigenvalue weighted by molar-refractivity contribution is 7.93. The number of hydrogen-bond acceptors (Lipinski definition) is 8. The van der Waals surface area contributed by atoms with Crippen molar-refractivity contribution in [2.75, 3.05) is 33.2 Å². The quantitative estimate of drug-likeness (QED) is 0.482. The Morgan fingerprint density at radius 2 is 1.88 bits per heavy atom. The van der Waals surface area contributed by atoms with Crippen LogP contribution in [-0.2, 0) is 29.9 Å². The monoisotopic (exact) mass is 406 g/mol. The maximum atomic E-state index is 13.1. The van der Waals surface area contributed by atoms with E-state index >= 15 is 0 Å². The molecule has 146 valence electrons. The molecule has 1 aromatic carbocycles. The zero-order chi connectivity index (χ0) is 19.4. The number of nitrogens with zero attached hydrogens (tertiary/aromatic N) is 1. The molecule has 0 spiro atoms. The van der Waals surface area contributed by atoms with Gasteiger partial charge in [-0.15, -0.1) is 0 Å². The highest BCUT2D eigenvalue weighted by atomic mass is 32.2. The van der Waals surface area contributed by atoms with Gasteiger partial charge in [-0.2, -0.15) is 0 Å². The standard InChI is InChI=1S/C15H22N2O7S2/c1-17-9-7-15(8-10-17,14(18)16-19)26(21,22)13-5-3-12(4-6-13)24-11-25(20)23-2/h3-6,19H,7-11H2,1-2H3,(H,16,18). The molecule has 0 aromatic heterocycles. The van der Waals surface area contributed by atoms with Gasteiger partial charge in [-0.1, -0.05) is 0 Å². The van der Waals surface area contributed by atoms with Crippen molar-refractivity contribution < 1.29 is 31.5 Å². The lowest BCUT2D eigenvalue weighted by Crippen LogP contribution is -2.57. The summed E-state index contributed by atoms with van der Waals surface area (Å²) in [5.74, 6) is -0.800. The first kappa shape index (κ1) is 20.8. The fourth-order valence-corrected chi connectivity index (χ4v) is 5.09. The highest BCUT2D eigenvalue weighted by Crippen LogP contribution is 2.36. The molecule has 26 heavy (non-hydrogen) atoms. The number of sulfone groups is 1. The van der Waals surface area contributed by atoms with E-state index in [0.29, 0.717) is 18.8 Å². The zero-order valence-electron chi connectivity index (χ0n) is 14.5. The Balaban J connectivity index is 2.29. The Labute approximate surface area is 154 Å². The number of piperidine rings is 1. The summed E-state index contributed by atoms with van der Waals surface area (Å²) in [6.45, 7) is 0.827. The van der Waals surface area contributed by atoms with Gasteiger partial charge in [0.2, 0.25) is 0 Å². The van der Waals surface area contributed by atoms with Crippen LogP contribution >= 0.6 is 0 Å². The lowest BCUT2D eigenvalue weighted by atomic mass is 9.95. The summed E-state index contributed by atoms with van der Waals surface area (Å²) in [7, 11) is -0.933. The van der Waals surface area contributed by atoms with Crippen LogP contribution in [0.15, 0.2) is 29.2 Å². The van der Waals surface area contributed by atoms with Gasteiger partial charge in [-0.25, -0.2) is 18.1 Å². The Hall–Kier alpha value is -1.53. The molecule has 1 aliphatic heterocycles. The fraction of sp³-hybridized carbons (Fsp3) is 0.533. The predicted molar refractivity (Wildman–Crippen MR) is 93.7 cm³/mol. The second kappa shape index (κ2) is 8.44. The van der Waals surface area contributed by atoms with Gasteiger partial charge >= 0.3 is 0 Å². The van der Waals surface area contributed by atoms with Crippen molar-refractivity contribution in [1.82, 2.24) is 10.4 Å². The second-order valence-corrected chi connectivity index (χ2v) is 9.38. The van der Waals surface area contributed by atoms with Crippen molar-refractivity contribution in [2.45, 2.75) is 22.5 Å². The molecule has 2 N–H and O–H groups in total. The van der Waals surface area contributed by atoms with Gasteiger partial charge in [0.15, 0.2) is 31.6 Å². The summed E-state index contributed by atoms with van der Waals surface area (Å²) < 4.78 is 45.5. The summed E-state index contributed by atoms with van der Waals surface area (Å²) in [5, 5.41) is 9.08. The van der Waals surface area contributed by atoms with Gasteiger partial charge in [-0.05, 0) is 57.2 Å². The second-order valence-electron chi connectivity index (χ2n) is 5.95. The Kier molecular flexibility index (Phi) is 6.74. The van der Waals surface area contributed by atoms with Gasteiger partial charge in [0, 0.05) is 0 Å². The zero-order valence-corrected chi connectivity index (χ0v) is 16.1. The van der Waals surface area contributed by atoms with Crippen LogP contribution < -0.4 is 10.2 Å². The van der Waals surface area contributed by atoms with Crippen molar-refractivity contribution in [2.24, 2.45) is 0 Å². The van der Waals surface area contributed by atoms with Crippen molar-refractivity contribution in [3.63, 3.8) is 0 Å². The number of carbonyl (C=O) groups is 1. The van der Waals surface area contributed by atoms with Crippen molar-refractivity contribution in [3.05, 3.63) is 24.3 Å². The van der Waals surface area contributed by atoms with Crippen LogP contribution in [0, 0.1) is 0 Å². The molecular formula is C15H22N2O7S2. The van der Waals surface area contributed by atoms with Crippen molar-refractivity contribution in [1.29, 1.82) is 0 Å². The molecule has 1 aromatic rings. The third kappa shape index (κ3) is 4.07. The lowest BCUT2D eigenvalue weighted by Gasteiger charge is -2.38. The molecule has 0 bridgehead atoms.